The van der Waals surface area contributed by atoms with Gasteiger partial charge in [-0.15, -0.1) is 0 Å². The molecule has 27 heavy (non-hydrogen) atoms. The van der Waals surface area contributed by atoms with Gasteiger partial charge in [-0.3, -0.25) is 19.1 Å². The van der Waals surface area contributed by atoms with Crippen LogP contribution in [0, 0.1) is 0 Å². The lowest BCUT2D eigenvalue weighted by atomic mass is 10.2. The van der Waals surface area contributed by atoms with Crippen molar-refractivity contribution in [2.45, 2.75) is 19.6 Å². The predicted molar refractivity (Wildman–Crippen MR) is 103 cm³/mol. The van der Waals surface area contributed by atoms with Gasteiger partial charge in [0.15, 0.2) is 0 Å². The number of amides is 1. The van der Waals surface area contributed by atoms with E-state index in [1.54, 1.807) is 24.3 Å². The van der Waals surface area contributed by atoms with E-state index in [4.69, 9.17) is 4.74 Å². The predicted octanol–water partition coefficient (Wildman–Crippen LogP) is 1.41. The molecule has 1 heterocycles. The fraction of sp³-hybridized carbons (Fsp3) is 0.250. The number of H-pyrrole nitrogens is 1. The second-order valence-corrected chi connectivity index (χ2v) is 6.10. The van der Waals surface area contributed by atoms with E-state index in [1.165, 1.54) is 4.57 Å². The number of carbonyl (C=O) groups is 1. The summed E-state index contributed by atoms with van der Waals surface area (Å²) >= 11 is 0. The zero-order valence-electron chi connectivity index (χ0n) is 14.8. The lowest BCUT2D eigenvalue weighted by Gasteiger charge is -2.10. The minimum atomic E-state index is -0.597. The van der Waals surface area contributed by atoms with Crippen molar-refractivity contribution in [2.75, 3.05) is 13.2 Å². The summed E-state index contributed by atoms with van der Waals surface area (Å²) in [6.45, 7) is 1.36. The Labute approximate surface area is 155 Å². The van der Waals surface area contributed by atoms with Crippen LogP contribution in [0.3, 0.4) is 0 Å². The maximum atomic E-state index is 12.1. The van der Waals surface area contributed by atoms with Crippen LogP contribution in [0.15, 0.2) is 64.2 Å². The van der Waals surface area contributed by atoms with Gasteiger partial charge in [0.2, 0.25) is 5.91 Å². The van der Waals surface area contributed by atoms with Crippen LogP contribution in [0.2, 0.25) is 0 Å². The number of aromatic amines is 1. The molecule has 0 aliphatic heterocycles. The van der Waals surface area contributed by atoms with E-state index in [0.717, 1.165) is 5.56 Å². The highest BCUT2D eigenvalue weighted by Gasteiger charge is 2.10. The molecule has 7 heteroatoms. The van der Waals surface area contributed by atoms with Gasteiger partial charge in [-0.25, -0.2) is 4.79 Å². The Morgan fingerprint density at radius 1 is 1.04 bits per heavy atom. The summed E-state index contributed by atoms with van der Waals surface area (Å²) in [5.74, 6) is -0.294. The zero-order chi connectivity index (χ0) is 19.1. The normalized spacial score (nSPS) is 10.8. The molecule has 2 N–H and O–H groups in total. The van der Waals surface area contributed by atoms with E-state index >= 15 is 0 Å². The summed E-state index contributed by atoms with van der Waals surface area (Å²) in [7, 11) is 0. The van der Waals surface area contributed by atoms with E-state index in [2.05, 4.69) is 10.3 Å². The third-order valence-corrected chi connectivity index (χ3v) is 4.11. The summed E-state index contributed by atoms with van der Waals surface area (Å²) in [6.07, 6.45) is 0.667. The second-order valence-electron chi connectivity index (χ2n) is 6.10. The molecule has 3 aromatic rings. The molecule has 3 rings (SSSR count). The fourth-order valence-corrected chi connectivity index (χ4v) is 2.77. The van der Waals surface area contributed by atoms with Crippen molar-refractivity contribution < 1.29 is 9.53 Å². The third-order valence-electron chi connectivity index (χ3n) is 4.11. The number of aromatic nitrogens is 2. The number of hydrogen-bond donors (Lipinski definition) is 2. The maximum absolute atomic E-state index is 12.1. The Bertz CT molecular complexity index is 1020. The summed E-state index contributed by atoms with van der Waals surface area (Å²) < 4.78 is 6.83. The van der Waals surface area contributed by atoms with Gasteiger partial charge in [0.05, 0.1) is 17.5 Å². The molecule has 140 valence electrons. The number of nitrogens with one attached hydrogen (secondary N) is 2. The minimum Gasteiger partial charge on any atom is -0.377 e. The largest absolute Gasteiger partial charge is 0.377 e. The Balaban J connectivity index is 1.48. The Kier molecular flexibility index (Phi) is 6.17. The minimum absolute atomic E-state index is 0.152. The first-order valence-corrected chi connectivity index (χ1v) is 8.75. The van der Waals surface area contributed by atoms with Crippen molar-refractivity contribution in [2.24, 2.45) is 0 Å². The van der Waals surface area contributed by atoms with Crippen LogP contribution in [-0.4, -0.2) is 28.6 Å². The van der Waals surface area contributed by atoms with Crippen molar-refractivity contribution in [3.8, 4) is 0 Å². The van der Waals surface area contributed by atoms with Crippen molar-refractivity contribution >= 4 is 16.8 Å². The van der Waals surface area contributed by atoms with E-state index in [9.17, 15) is 14.4 Å². The van der Waals surface area contributed by atoms with Crippen LogP contribution >= 0.6 is 0 Å². The lowest BCUT2D eigenvalue weighted by Crippen LogP contribution is -2.36. The van der Waals surface area contributed by atoms with Crippen LogP contribution in [0.5, 0.6) is 0 Å². The SMILES string of the molecule is O=C(Cn1c(=O)[nH]c(=O)c2ccccc21)NCCCOCc1ccccc1. The smallest absolute Gasteiger partial charge is 0.329 e. The summed E-state index contributed by atoms with van der Waals surface area (Å²) in [6, 6.07) is 16.6. The van der Waals surface area contributed by atoms with Crippen molar-refractivity contribution in [1.29, 1.82) is 0 Å². The molecule has 1 aromatic heterocycles. The molecule has 7 nitrogen and oxygen atoms in total. The number of benzene rings is 2. The van der Waals surface area contributed by atoms with Crippen LogP contribution in [0.4, 0.5) is 0 Å². The van der Waals surface area contributed by atoms with Crippen molar-refractivity contribution in [3.63, 3.8) is 0 Å². The van der Waals surface area contributed by atoms with Crippen molar-refractivity contribution in [1.82, 2.24) is 14.9 Å². The third kappa shape index (κ3) is 4.92. The molecule has 1 amide bonds. The van der Waals surface area contributed by atoms with Gasteiger partial charge in [0.25, 0.3) is 5.56 Å². The molecule has 0 saturated heterocycles. The average molecular weight is 367 g/mol. The molecular weight excluding hydrogens is 346 g/mol. The number of hydrogen-bond acceptors (Lipinski definition) is 4. The molecule has 0 unspecified atom stereocenters. The van der Waals surface area contributed by atoms with Crippen LogP contribution in [-0.2, 0) is 22.7 Å². The molecule has 0 aliphatic rings. The molecular formula is C20H21N3O4. The van der Waals surface area contributed by atoms with E-state index < -0.39 is 11.2 Å². The number of nitrogens with zero attached hydrogens (tertiary/aromatic N) is 1. The van der Waals surface area contributed by atoms with Gasteiger partial charge in [-0.05, 0) is 24.1 Å². The Morgan fingerprint density at radius 3 is 2.59 bits per heavy atom. The first-order chi connectivity index (χ1) is 13.1. The Hall–Kier alpha value is -3.19. The number of para-hydroxylation sites is 1. The molecule has 0 fully saturated rings. The van der Waals surface area contributed by atoms with Gasteiger partial charge < -0.3 is 10.1 Å². The molecule has 0 radical (unpaired) electrons. The monoisotopic (exact) mass is 367 g/mol. The molecule has 2 aromatic carbocycles. The van der Waals surface area contributed by atoms with Gasteiger partial charge in [0.1, 0.15) is 6.54 Å². The molecule has 0 bridgehead atoms. The van der Waals surface area contributed by atoms with Crippen LogP contribution in [0.1, 0.15) is 12.0 Å². The fourth-order valence-electron chi connectivity index (χ4n) is 2.77. The standard InChI is InChI=1S/C20H21N3O4/c24-18(21-11-6-12-27-14-15-7-2-1-3-8-15)13-23-17-10-5-4-9-16(17)19(25)22-20(23)26/h1-5,7-10H,6,11-14H2,(H,21,24)(H,22,25,26). The number of rotatable bonds is 8. The van der Waals surface area contributed by atoms with Crippen molar-refractivity contribution in [3.05, 3.63) is 81.0 Å². The summed E-state index contributed by atoms with van der Waals surface area (Å²) in [5.41, 5.74) is 0.487. The lowest BCUT2D eigenvalue weighted by molar-refractivity contribution is -0.121. The van der Waals surface area contributed by atoms with E-state index in [1.807, 2.05) is 30.3 Å². The summed E-state index contributed by atoms with van der Waals surface area (Å²) in [5, 5.41) is 3.14. The topological polar surface area (TPSA) is 93.2 Å². The Morgan fingerprint density at radius 2 is 1.78 bits per heavy atom. The molecule has 0 spiro atoms. The average Bonchev–Trinajstić information content (AvgIpc) is 2.68. The highest BCUT2D eigenvalue weighted by Crippen LogP contribution is 2.06. The molecule has 0 saturated carbocycles. The van der Waals surface area contributed by atoms with Gasteiger partial charge in [0, 0.05) is 13.2 Å². The number of carbonyl (C=O) groups excluding carboxylic acids is 1. The summed E-state index contributed by atoms with van der Waals surface area (Å²) in [4.78, 5) is 38.3. The van der Waals surface area contributed by atoms with Gasteiger partial charge in [-0.1, -0.05) is 42.5 Å². The van der Waals surface area contributed by atoms with E-state index in [0.29, 0.717) is 37.1 Å². The maximum Gasteiger partial charge on any atom is 0.329 e. The van der Waals surface area contributed by atoms with E-state index in [-0.39, 0.29) is 12.5 Å². The van der Waals surface area contributed by atoms with Crippen LogP contribution < -0.4 is 16.6 Å². The molecule has 0 aliphatic carbocycles. The number of ether oxygens (including phenoxy) is 1. The quantitative estimate of drug-likeness (QED) is 0.589. The first-order valence-electron chi connectivity index (χ1n) is 8.75. The number of fused-ring (bicyclic) bond motifs is 1. The second kappa shape index (κ2) is 8.95. The van der Waals surface area contributed by atoms with Gasteiger partial charge >= 0.3 is 5.69 Å². The zero-order valence-corrected chi connectivity index (χ0v) is 14.8. The molecule has 0 atom stereocenters. The van der Waals surface area contributed by atoms with Gasteiger partial charge in [-0.2, -0.15) is 0 Å². The van der Waals surface area contributed by atoms with Crippen LogP contribution in [0.25, 0.3) is 10.9 Å². The highest BCUT2D eigenvalue weighted by atomic mass is 16.5. The first kappa shape index (κ1) is 18.6. The highest BCUT2D eigenvalue weighted by molar-refractivity contribution is 5.81.